The normalized spacial score (nSPS) is 31.4. The summed E-state index contributed by atoms with van der Waals surface area (Å²) in [6, 6.07) is 0.188. The lowest BCUT2D eigenvalue weighted by Crippen LogP contribution is -2.46. The van der Waals surface area contributed by atoms with Crippen molar-refractivity contribution in [1.29, 1.82) is 0 Å². The average Bonchev–Trinajstić information content (AvgIpc) is 2.72. The van der Waals surface area contributed by atoms with Crippen molar-refractivity contribution in [2.24, 2.45) is 16.7 Å². The van der Waals surface area contributed by atoms with Gasteiger partial charge in [0.1, 0.15) is 0 Å². The number of nitrogens with one attached hydrogen (secondary N) is 2. The number of carboxylic acid groups (broad SMARTS) is 1. The standard InChI is InChI=1S/C15H26N2O3/c1-14(2)12(15(14,3)4)17-13(20)16-10-7-5-9(6-8-10)11(18)19/h9-10,12H,5-8H2,1-4H3,(H,18,19)(H2,16,17,20). The lowest BCUT2D eigenvalue weighted by molar-refractivity contribution is -0.142. The summed E-state index contributed by atoms with van der Waals surface area (Å²) in [5.74, 6) is -0.952. The van der Waals surface area contributed by atoms with Crippen molar-refractivity contribution in [2.75, 3.05) is 0 Å². The fourth-order valence-corrected chi connectivity index (χ4v) is 3.40. The van der Waals surface area contributed by atoms with E-state index in [1.807, 2.05) is 0 Å². The molecule has 2 amide bonds. The maximum Gasteiger partial charge on any atom is 0.315 e. The molecule has 3 N–H and O–H groups in total. The number of hydrogen-bond acceptors (Lipinski definition) is 2. The summed E-state index contributed by atoms with van der Waals surface area (Å²) >= 11 is 0. The Bertz CT molecular complexity index is 395. The summed E-state index contributed by atoms with van der Waals surface area (Å²) in [6.45, 7) is 8.65. The summed E-state index contributed by atoms with van der Waals surface area (Å²) in [4.78, 5) is 22.9. The molecule has 5 heteroatoms. The molecule has 0 aromatic heterocycles. The molecular formula is C15H26N2O3. The maximum atomic E-state index is 12.0. The van der Waals surface area contributed by atoms with Crippen LogP contribution in [0, 0.1) is 16.7 Å². The Balaban J connectivity index is 1.76. The topological polar surface area (TPSA) is 78.4 Å². The van der Waals surface area contributed by atoms with E-state index in [9.17, 15) is 9.59 Å². The second-order valence-electron chi connectivity index (χ2n) is 7.38. The molecule has 2 aliphatic rings. The van der Waals surface area contributed by atoms with Gasteiger partial charge >= 0.3 is 12.0 Å². The molecule has 0 aromatic rings. The van der Waals surface area contributed by atoms with Gasteiger partial charge in [-0.05, 0) is 36.5 Å². The van der Waals surface area contributed by atoms with Crippen LogP contribution in [0.3, 0.4) is 0 Å². The molecule has 2 saturated carbocycles. The van der Waals surface area contributed by atoms with Crippen LogP contribution in [-0.4, -0.2) is 29.2 Å². The second-order valence-corrected chi connectivity index (χ2v) is 7.38. The van der Waals surface area contributed by atoms with Crippen molar-refractivity contribution in [3.8, 4) is 0 Å². The molecule has 0 heterocycles. The van der Waals surface area contributed by atoms with Gasteiger partial charge in [0.2, 0.25) is 0 Å². The van der Waals surface area contributed by atoms with Gasteiger partial charge in [-0.15, -0.1) is 0 Å². The van der Waals surface area contributed by atoms with E-state index in [0.29, 0.717) is 12.8 Å². The van der Waals surface area contributed by atoms with E-state index >= 15 is 0 Å². The molecule has 0 aromatic carbocycles. The summed E-state index contributed by atoms with van der Waals surface area (Å²) in [7, 11) is 0. The average molecular weight is 282 g/mol. The van der Waals surface area contributed by atoms with Crippen LogP contribution in [0.5, 0.6) is 0 Å². The monoisotopic (exact) mass is 282 g/mol. The highest BCUT2D eigenvalue weighted by atomic mass is 16.4. The van der Waals surface area contributed by atoms with Gasteiger partial charge < -0.3 is 15.7 Å². The Kier molecular flexibility index (Phi) is 3.73. The van der Waals surface area contributed by atoms with E-state index in [1.54, 1.807) is 0 Å². The van der Waals surface area contributed by atoms with Crippen molar-refractivity contribution < 1.29 is 14.7 Å². The van der Waals surface area contributed by atoms with Crippen LogP contribution in [0.2, 0.25) is 0 Å². The Hall–Kier alpha value is -1.26. The molecule has 0 bridgehead atoms. The SMILES string of the molecule is CC1(C)C(NC(=O)NC2CCC(C(=O)O)CC2)C1(C)C. The number of hydrogen-bond donors (Lipinski definition) is 3. The third-order valence-corrected chi connectivity index (χ3v) is 5.71. The quantitative estimate of drug-likeness (QED) is 0.743. The zero-order valence-corrected chi connectivity index (χ0v) is 12.8. The van der Waals surface area contributed by atoms with E-state index in [-0.39, 0.29) is 34.9 Å². The van der Waals surface area contributed by atoms with Crippen LogP contribution in [0.4, 0.5) is 4.79 Å². The Labute approximate surface area is 120 Å². The van der Waals surface area contributed by atoms with Gasteiger partial charge in [-0.25, -0.2) is 4.79 Å². The Morgan fingerprint density at radius 3 is 1.85 bits per heavy atom. The number of aliphatic carboxylic acids is 1. The maximum absolute atomic E-state index is 12.0. The van der Waals surface area contributed by atoms with Crippen molar-refractivity contribution in [3.05, 3.63) is 0 Å². The first kappa shape index (κ1) is 15.1. The minimum atomic E-state index is -0.714. The fourth-order valence-electron chi connectivity index (χ4n) is 3.40. The number of rotatable bonds is 3. The summed E-state index contributed by atoms with van der Waals surface area (Å²) in [5.41, 5.74) is 0.261. The molecule has 0 spiro atoms. The van der Waals surface area contributed by atoms with Gasteiger partial charge in [-0.2, -0.15) is 0 Å². The molecule has 0 radical (unpaired) electrons. The number of urea groups is 1. The number of amides is 2. The molecule has 2 fully saturated rings. The Morgan fingerprint density at radius 2 is 1.45 bits per heavy atom. The summed E-state index contributed by atoms with van der Waals surface area (Å²) < 4.78 is 0. The molecule has 2 rings (SSSR count). The van der Waals surface area contributed by atoms with Crippen molar-refractivity contribution in [1.82, 2.24) is 10.6 Å². The number of carbonyl (C=O) groups excluding carboxylic acids is 1. The third kappa shape index (κ3) is 2.63. The van der Waals surface area contributed by atoms with E-state index in [4.69, 9.17) is 5.11 Å². The lowest BCUT2D eigenvalue weighted by atomic mass is 9.86. The predicted molar refractivity (Wildman–Crippen MR) is 76.4 cm³/mol. The molecule has 5 nitrogen and oxygen atoms in total. The van der Waals surface area contributed by atoms with Crippen LogP contribution >= 0.6 is 0 Å². The lowest BCUT2D eigenvalue weighted by Gasteiger charge is -2.27. The van der Waals surface area contributed by atoms with Crippen LogP contribution in [0.1, 0.15) is 53.4 Å². The fraction of sp³-hybridized carbons (Fsp3) is 0.867. The van der Waals surface area contributed by atoms with Crippen molar-refractivity contribution in [2.45, 2.75) is 65.5 Å². The van der Waals surface area contributed by atoms with Gasteiger partial charge in [0.25, 0.3) is 0 Å². The van der Waals surface area contributed by atoms with E-state index in [0.717, 1.165) is 12.8 Å². The van der Waals surface area contributed by atoms with Gasteiger partial charge in [0.05, 0.1) is 5.92 Å². The third-order valence-electron chi connectivity index (χ3n) is 5.71. The second kappa shape index (κ2) is 4.93. The molecule has 0 atom stereocenters. The zero-order valence-electron chi connectivity index (χ0n) is 12.8. The molecule has 20 heavy (non-hydrogen) atoms. The highest BCUT2D eigenvalue weighted by Gasteiger charge is 2.65. The minimum absolute atomic E-state index is 0.107. The number of carboxylic acids is 1. The highest BCUT2D eigenvalue weighted by Crippen LogP contribution is 2.62. The Morgan fingerprint density at radius 1 is 0.950 bits per heavy atom. The first-order chi connectivity index (χ1) is 9.16. The molecule has 0 unspecified atom stereocenters. The van der Waals surface area contributed by atoms with Crippen LogP contribution in [0.25, 0.3) is 0 Å². The highest BCUT2D eigenvalue weighted by molar-refractivity contribution is 5.75. The van der Waals surface area contributed by atoms with Crippen molar-refractivity contribution >= 4 is 12.0 Å². The van der Waals surface area contributed by atoms with Crippen LogP contribution in [0.15, 0.2) is 0 Å². The summed E-state index contributed by atoms with van der Waals surface area (Å²) in [5, 5.41) is 15.0. The largest absolute Gasteiger partial charge is 0.481 e. The minimum Gasteiger partial charge on any atom is -0.481 e. The smallest absolute Gasteiger partial charge is 0.315 e. The van der Waals surface area contributed by atoms with Gasteiger partial charge in [-0.3, -0.25) is 4.79 Å². The van der Waals surface area contributed by atoms with E-state index in [1.165, 1.54) is 0 Å². The van der Waals surface area contributed by atoms with Crippen LogP contribution < -0.4 is 10.6 Å². The van der Waals surface area contributed by atoms with Gasteiger partial charge in [0, 0.05) is 12.1 Å². The summed E-state index contributed by atoms with van der Waals surface area (Å²) in [6.07, 6.45) is 2.81. The molecule has 0 aliphatic heterocycles. The molecule has 0 saturated heterocycles. The predicted octanol–water partition coefficient (Wildman–Crippen LogP) is 2.36. The zero-order chi connectivity index (χ0) is 15.1. The van der Waals surface area contributed by atoms with Crippen molar-refractivity contribution in [3.63, 3.8) is 0 Å². The first-order valence-electron chi connectivity index (χ1n) is 7.46. The van der Waals surface area contributed by atoms with E-state index < -0.39 is 5.97 Å². The number of carbonyl (C=O) groups is 2. The molecule has 2 aliphatic carbocycles. The van der Waals surface area contributed by atoms with Gasteiger partial charge in [0.15, 0.2) is 0 Å². The van der Waals surface area contributed by atoms with Gasteiger partial charge in [-0.1, -0.05) is 27.7 Å². The molecular weight excluding hydrogens is 256 g/mol. The van der Waals surface area contributed by atoms with E-state index in [2.05, 4.69) is 38.3 Å². The first-order valence-corrected chi connectivity index (χ1v) is 7.46. The van der Waals surface area contributed by atoms with Crippen LogP contribution in [-0.2, 0) is 4.79 Å². The molecule has 114 valence electrons.